The Balaban J connectivity index is 2.77. The lowest BCUT2D eigenvalue weighted by atomic mass is 9.58. The zero-order chi connectivity index (χ0) is 12.4. The normalized spacial score (nSPS) is 33.4. The van der Waals surface area contributed by atoms with Crippen molar-refractivity contribution in [2.24, 2.45) is 22.5 Å². The maximum Gasteiger partial charge on any atom is 0.306 e. The number of methoxy groups -OCH3 is 1. The highest BCUT2D eigenvalue weighted by molar-refractivity contribution is 5.70. The minimum Gasteiger partial charge on any atom is -0.469 e. The maximum absolute atomic E-state index is 11.5. The van der Waals surface area contributed by atoms with Crippen LogP contribution in [0.5, 0.6) is 0 Å². The average Bonchev–Trinajstić information content (AvgIpc) is 2.22. The predicted octanol–water partition coefficient (Wildman–Crippen LogP) is 2.34. The molecule has 1 fully saturated rings. The smallest absolute Gasteiger partial charge is 0.306 e. The second-order valence-corrected chi connectivity index (χ2v) is 6.09. The van der Waals surface area contributed by atoms with E-state index in [-0.39, 0.29) is 11.4 Å². The summed E-state index contributed by atoms with van der Waals surface area (Å²) >= 11 is 0. The fraction of sp³-hybridized carbons (Fsp3) is 0.923. The Morgan fingerprint density at radius 3 is 2.50 bits per heavy atom. The van der Waals surface area contributed by atoms with Crippen molar-refractivity contribution in [1.82, 2.24) is 0 Å². The van der Waals surface area contributed by atoms with Crippen LogP contribution in [0.2, 0.25) is 0 Å². The molecule has 0 bridgehead atoms. The topological polar surface area (TPSA) is 52.3 Å². The molecule has 3 nitrogen and oxygen atoms in total. The molecule has 1 saturated carbocycles. The Hall–Kier alpha value is -0.570. The molecule has 0 saturated heterocycles. The maximum atomic E-state index is 11.5. The van der Waals surface area contributed by atoms with E-state index in [0.29, 0.717) is 24.3 Å². The number of ether oxygens (including phenoxy) is 1. The van der Waals surface area contributed by atoms with Crippen molar-refractivity contribution in [2.75, 3.05) is 13.7 Å². The van der Waals surface area contributed by atoms with Gasteiger partial charge in [0.25, 0.3) is 0 Å². The summed E-state index contributed by atoms with van der Waals surface area (Å²) in [4.78, 5) is 11.5. The molecule has 0 aliphatic heterocycles. The molecule has 3 heteroatoms. The van der Waals surface area contributed by atoms with Crippen molar-refractivity contribution in [3.63, 3.8) is 0 Å². The zero-order valence-electron chi connectivity index (χ0n) is 11.0. The number of hydrogen-bond acceptors (Lipinski definition) is 3. The molecular formula is C13H25NO2. The first kappa shape index (κ1) is 13.5. The van der Waals surface area contributed by atoms with Crippen molar-refractivity contribution in [3.05, 3.63) is 0 Å². The predicted molar refractivity (Wildman–Crippen MR) is 64.9 cm³/mol. The summed E-state index contributed by atoms with van der Waals surface area (Å²) in [6, 6.07) is 0. The van der Waals surface area contributed by atoms with E-state index in [1.165, 1.54) is 7.11 Å². The van der Waals surface area contributed by atoms with Crippen molar-refractivity contribution in [2.45, 2.75) is 46.5 Å². The lowest BCUT2D eigenvalue weighted by Crippen LogP contribution is -2.45. The van der Waals surface area contributed by atoms with Gasteiger partial charge in [-0.15, -0.1) is 0 Å². The highest BCUT2D eigenvalue weighted by Gasteiger charge is 2.44. The van der Waals surface area contributed by atoms with Crippen LogP contribution in [0.25, 0.3) is 0 Å². The Morgan fingerprint density at radius 1 is 1.44 bits per heavy atom. The van der Waals surface area contributed by atoms with E-state index in [1.54, 1.807) is 0 Å². The average molecular weight is 227 g/mol. The van der Waals surface area contributed by atoms with Gasteiger partial charge in [-0.05, 0) is 42.6 Å². The van der Waals surface area contributed by atoms with Gasteiger partial charge in [-0.2, -0.15) is 0 Å². The van der Waals surface area contributed by atoms with E-state index in [9.17, 15) is 4.79 Å². The molecule has 2 N–H and O–H groups in total. The first-order valence-electron chi connectivity index (χ1n) is 6.12. The van der Waals surface area contributed by atoms with Crippen LogP contribution in [0.1, 0.15) is 46.5 Å². The molecule has 1 aliphatic carbocycles. The Bertz CT molecular complexity index is 263. The Labute approximate surface area is 98.7 Å². The fourth-order valence-corrected chi connectivity index (χ4v) is 2.98. The quantitative estimate of drug-likeness (QED) is 0.753. The van der Waals surface area contributed by atoms with E-state index < -0.39 is 0 Å². The largest absolute Gasteiger partial charge is 0.469 e. The van der Waals surface area contributed by atoms with Crippen LogP contribution >= 0.6 is 0 Å². The lowest BCUT2D eigenvalue weighted by Gasteiger charge is -2.47. The molecule has 0 radical (unpaired) electrons. The summed E-state index contributed by atoms with van der Waals surface area (Å²) in [6.45, 7) is 7.39. The van der Waals surface area contributed by atoms with Gasteiger partial charge in [-0.1, -0.05) is 20.8 Å². The van der Waals surface area contributed by atoms with Crippen LogP contribution in [0.15, 0.2) is 0 Å². The first-order chi connectivity index (χ1) is 7.35. The van der Waals surface area contributed by atoms with Crippen LogP contribution in [0.3, 0.4) is 0 Å². The zero-order valence-corrected chi connectivity index (χ0v) is 11.0. The molecule has 0 spiro atoms. The van der Waals surface area contributed by atoms with Gasteiger partial charge in [-0.3, -0.25) is 4.79 Å². The van der Waals surface area contributed by atoms with Crippen molar-refractivity contribution >= 4 is 5.97 Å². The van der Waals surface area contributed by atoms with Gasteiger partial charge < -0.3 is 10.5 Å². The molecule has 94 valence electrons. The number of nitrogens with two attached hydrogens (primary N) is 1. The van der Waals surface area contributed by atoms with Gasteiger partial charge in [0.2, 0.25) is 0 Å². The SMILES string of the molecule is COC(=O)CC1(CN)CCC(C)(C)CC1C. The minimum absolute atomic E-state index is 0.0391. The van der Waals surface area contributed by atoms with Crippen LogP contribution in [0.4, 0.5) is 0 Å². The van der Waals surface area contributed by atoms with E-state index in [4.69, 9.17) is 10.5 Å². The summed E-state index contributed by atoms with van der Waals surface area (Å²) < 4.78 is 4.79. The summed E-state index contributed by atoms with van der Waals surface area (Å²) in [5.74, 6) is 0.359. The van der Waals surface area contributed by atoms with Crippen LogP contribution in [0, 0.1) is 16.7 Å². The third-order valence-corrected chi connectivity index (χ3v) is 4.33. The molecule has 1 rings (SSSR count). The van der Waals surface area contributed by atoms with E-state index in [0.717, 1.165) is 19.3 Å². The molecular weight excluding hydrogens is 202 g/mol. The van der Waals surface area contributed by atoms with Crippen LogP contribution in [-0.4, -0.2) is 19.6 Å². The summed E-state index contributed by atoms with van der Waals surface area (Å²) in [6.07, 6.45) is 3.79. The fourth-order valence-electron chi connectivity index (χ4n) is 2.98. The number of carbonyl (C=O) groups excluding carboxylic acids is 1. The van der Waals surface area contributed by atoms with Gasteiger partial charge in [0.1, 0.15) is 0 Å². The minimum atomic E-state index is -0.128. The number of carbonyl (C=O) groups is 1. The summed E-state index contributed by atoms with van der Waals surface area (Å²) in [5.41, 5.74) is 6.26. The molecule has 0 aromatic carbocycles. The summed E-state index contributed by atoms with van der Waals surface area (Å²) in [7, 11) is 1.45. The molecule has 0 aromatic rings. The number of esters is 1. The first-order valence-corrected chi connectivity index (χ1v) is 6.12. The Kier molecular flexibility index (Phi) is 4.00. The van der Waals surface area contributed by atoms with Gasteiger partial charge in [0.15, 0.2) is 0 Å². The van der Waals surface area contributed by atoms with Crippen molar-refractivity contribution < 1.29 is 9.53 Å². The molecule has 0 aromatic heterocycles. The highest BCUT2D eigenvalue weighted by atomic mass is 16.5. The molecule has 16 heavy (non-hydrogen) atoms. The van der Waals surface area contributed by atoms with Gasteiger partial charge >= 0.3 is 5.97 Å². The second-order valence-electron chi connectivity index (χ2n) is 6.09. The highest BCUT2D eigenvalue weighted by Crippen LogP contribution is 2.50. The van der Waals surface area contributed by atoms with Crippen molar-refractivity contribution in [1.29, 1.82) is 0 Å². The van der Waals surface area contributed by atoms with E-state index >= 15 is 0 Å². The van der Waals surface area contributed by atoms with Crippen LogP contribution in [-0.2, 0) is 9.53 Å². The summed E-state index contributed by atoms with van der Waals surface area (Å²) in [5, 5.41) is 0. The van der Waals surface area contributed by atoms with E-state index in [2.05, 4.69) is 20.8 Å². The molecule has 1 aliphatic rings. The molecule has 2 unspecified atom stereocenters. The van der Waals surface area contributed by atoms with Gasteiger partial charge in [0.05, 0.1) is 13.5 Å². The monoisotopic (exact) mass is 227 g/mol. The molecule has 0 heterocycles. The second kappa shape index (κ2) is 4.74. The number of rotatable bonds is 3. The number of hydrogen-bond donors (Lipinski definition) is 1. The van der Waals surface area contributed by atoms with Crippen LogP contribution < -0.4 is 5.73 Å². The third kappa shape index (κ3) is 2.76. The van der Waals surface area contributed by atoms with Gasteiger partial charge in [0, 0.05) is 0 Å². The lowest BCUT2D eigenvalue weighted by molar-refractivity contribution is -0.145. The molecule has 0 amide bonds. The third-order valence-electron chi connectivity index (χ3n) is 4.33. The molecule has 2 atom stereocenters. The Morgan fingerprint density at radius 2 is 2.06 bits per heavy atom. The standard InChI is InChI=1S/C13H25NO2/c1-10-7-12(2,3)5-6-13(10,9-14)8-11(15)16-4/h10H,5-9,14H2,1-4H3. The van der Waals surface area contributed by atoms with E-state index in [1.807, 2.05) is 0 Å². The van der Waals surface area contributed by atoms with Gasteiger partial charge in [-0.25, -0.2) is 0 Å². The van der Waals surface area contributed by atoms with Crippen molar-refractivity contribution in [3.8, 4) is 0 Å².